The summed E-state index contributed by atoms with van der Waals surface area (Å²) in [5.41, 5.74) is 0. The van der Waals surface area contributed by atoms with Crippen molar-refractivity contribution in [2.45, 2.75) is 25.2 Å². The second-order valence-corrected chi connectivity index (χ2v) is 4.58. The molecule has 3 nitrogen and oxygen atoms in total. The Morgan fingerprint density at radius 1 is 1.11 bits per heavy atom. The van der Waals surface area contributed by atoms with Crippen LogP contribution in [0.25, 0.3) is 10.8 Å². The van der Waals surface area contributed by atoms with Gasteiger partial charge in [-0.3, -0.25) is 0 Å². The molecule has 0 radical (unpaired) electrons. The summed E-state index contributed by atoms with van der Waals surface area (Å²) in [5, 5.41) is 12.1. The first-order valence-electron chi connectivity index (χ1n) is 6.28. The fourth-order valence-corrected chi connectivity index (χ4v) is 2.23. The fourth-order valence-electron chi connectivity index (χ4n) is 2.23. The van der Waals surface area contributed by atoms with Gasteiger partial charge in [0.1, 0.15) is 11.9 Å². The summed E-state index contributed by atoms with van der Waals surface area (Å²) in [6, 6.07) is 14.0. The molecule has 0 aromatic heterocycles. The molecule has 1 saturated heterocycles. The Morgan fingerprint density at radius 3 is 2.78 bits per heavy atom. The van der Waals surface area contributed by atoms with E-state index in [4.69, 9.17) is 9.47 Å². The van der Waals surface area contributed by atoms with Crippen molar-refractivity contribution in [3.05, 3.63) is 42.5 Å². The monoisotopic (exact) mass is 244 g/mol. The largest absolute Gasteiger partial charge is 0.462 e. The fraction of sp³-hybridized carbons (Fsp3) is 0.333. The topological polar surface area (TPSA) is 38.7 Å². The molecule has 3 rings (SSSR count). The van der Waals surface area contributed by atoms with Gasteiger partial charge >= 0.3 is 0 Å². The van der Waals surface area contributed by atoms with E-state index in [0.29, 0.717) is 6.61 Å². The average Bonchev–Trinajstić information content (AvgIpc) is 2.41. The lowest BCUT2D eigenvalue weighted by atomic mass is 10.1. The summed E-state index contributed by atoms with van der Waals surface area (Å²) >= 11 is 0. The van der Waals surface area contributed by atoms with Crippen LogP contribution in [0.4, 0.5) is 0 Å². The lowest BCUT2D eigenvalue weighted by Gasteiger charge is -2.28. The van der Waals surface area contributed by atoms with Crippen molar-refractivity contribution < 1.29 is 14.6 Å². The quantitative estimate of drug-likeness (QED) is 0.882. The van der Waals surface area contributed by atoms with Crippen LogP contribution in [0, 0.1) is 0 Å². The first kappa shape index (κ1) is 11.5. The Bertz CT molecular complexity index is 538. The number of aliphatic hydroxyl groups is 1. The predicted octanol–water partition coefficient (Wildman–Crippen LogP) is 2.72. The zero-order valence-electron chi connectivity index (χ0n) is 10.1. The number of hydrogen-bond donors (Lipinski definition) is 1. The van der Waals surface area contributed by atoms with Crippen molar-refractivity contribution in [2.75, 3.05) is 6.61 Å². The van der Waals surface area contributed by atoms with Crippen LogP contribution in [0.15, 0.2) is 42.5 Å². The Labute approximate surface area is 106 Å². The summed E-state index contributed by atoms with van der Waals surface area (Å²) in [7, 11) is 0. The highest BCUT2D eigenvalue weighted by Crippen LogP contribution is 2.24. The molecule has 2 atom stereocenters. The normalized spacial score (nSPS) is 24.1. The summed E-state index contributed by atoms with van der Waals surface area (Å²) in [4.78, 5) is 0. The summed E-state index contributed by atoms with van der Waals surface area (Å²) in [5.74, 6) is 0.736. The molecule has 18 heavy (non-hydrogen) atoms. The van der Waals surface area contributed by atoms with Crippen molar-refractivity contribution in [3.8, 4) is 5.75 Å². The predicted molar refractivity (Wildman–Crippen MR) is 69.6 cm³/mol. The van der Waals surface area contributed by atoms with Crippen molar-refractivity contribution >= 4 is 10.8 Å². The highest BCUT2D eigenvalue weighted by molar-refractivity contribution is 5.83. The Hall–Kier alpha value is -1.58. The molecule has 0 spiro atoms. The first-order valence-corrected chi connectivity index (χ1v) is 6.28. The number of hydrogen-bond acceptors (Lipinski definition) is 3. The van der Waals surface area contributed by atoms with Gasteiger partial charge in [0, 0.05) is 0 Å². The van der Waals surface area contributed by atoms with Crippen LogP contribution in [0.2, 0.25) is 0 Å². The van der Waals surface area contributed by atoms with Gasteiger partial charge in [0.25, 0.3) is 0 Å². The molecule has 0 amide bonds. The maximum absolute atomic E-state index is 9.79. The summed E-state index contributed by atoms with van der Waals surface area (Å²) < 4.78 is 11.1. The van der Waals surface area contributed by atoms with E-state index >= 15 is 0 Å². The minimum absolute atomic E-state index is 0.537. The molecular formula is C15H16O3. The molecule has 94 valence electrons. The third-order valence-electron chi connectivity index (χ3n) is 3.21. The van der Waals surface area contributed by atoms with E-state index < -0.39 is 12.4 Å². The highest BCUT2D eigenvalue weighted by atomic mass is 16.7. The lowest BCUT2D eigenvalue weighted by Crippen LogP contribution is -2.38. The van der Waals surface area contributed by atoms with Gasteiger partial charge in [-0.05, 0) is 35.7 Å². The molecule has 0 bridgehead atoms. The van der Waals surface area contributed by atoms with E-state index in [1.807, 2.05) is 36.4 Å². The lowest BCUT2D eigenvalue weighted by molar-refractivity contribution is -0.170. The first-order chi connectivity index (χ1) is 8.83. The van der Waals surface area contributed by atoms with Gasteiger partial charge in [-0.15, -0.1) is 0 Å². The van der Waals surface area contributed by atoms with Crippen LogP contribution in [0.1, 0.15) is 12.8 Å². The maximum Gasteiger partial charge on any atom is 0.226 e. The number of benzene rings is 2. The SMILES string of the molecule is O[C@@H]1CCCO[C@H]1Oc1ccc2ccccc2c1. The average molecular weight is 244 g/mol. The molecule has 1 aliphatic heterocycles. The number of fused-ring (bicyclic) bond motifs is 1. The van der Waals surface area contributed by atoms with E-state index in [-0.39, 0.29) is 0 Å². The molecule has 0 unspecified atom stereocenters. The van der Waals surface area contributed by atoms with E-state index in [2.05, 4.69) is 6.07 Å². The van der Waals surface area contributed by atoms with Crippen LogP contribution in [0.5, 0.6) is 5.75 Å². The third kappa shape index (κ3) is 2.33. The van der Waals surface area contributed by atoms with Crippen LogP contribution in [0.3, 0.4) is 0 Å². The van der Waals surface area contributed by atoms with Gasteiger partial charge < -0.3 is 14.6 Å². The molecule has 0 aliphatic carbocycles. The smallest absolute Gasteiger partial charge is 0.226 e. The van der Waals surface area contributed by atoms with Gasteiger partial charge in [-0.1, -0.05) is 30.3 Å². The zero-order chi connectivity index (χ0) is 12.4. The van der Waals surface area contributed by atoms with Gasteiger partial charge in [0.15, 0.2) is 0 Å². The minimum atomic E-state index is -0.542. The van der Waals surface area contributed by atoms with E-state index in [9.17, 15) is 5.11 Å². The summed E-state index contributed by atoms with van der Waals surface area (Å²) in [6.45, 7) is 0.648. The molecular weight excluding hydrogens is 228 g/mol. The van der Waals surface area contributed by atoms with Crippen molar-refractivity contribution in [3.63, 3.8) is 0 Å². The number of rotatable bonds is 2. The standard InChI is InChI=1S/C15H16O3/c16-14-6-3-9-17-15(14)18-13-8-7-11-4-1-2-5-12(11)10-13/h1-2,4-5,7-8,10,14-16H,3,6,9H2/t14-,15+/m1/s1. The van der Waals surface area contributed by atoms with Crippen LogP contribution >= 0.6 is 0 Å². The molecule has 3 heteroatoms. The molecule has 2 aromatic rings. The van der Waals surface area contributed by atoms with Gasteiger partial charge in [0.2, 0.25) is 6.29 Å². The molecule has 1 N–H and O–H groups in total. The Kier molecular flexibility index (Phi) is 3.17. The van der Waals surface area contributed by atoms with Gasteiger partial charge in [-0.25, -0.2) is 0 Å². The van der Waals surface area contributed by atoms with Gasteiger partial charge in [0.05, 0.1) is 6.61 Å². The van der Waals surface area contributed by atoms with Crippen LogP contribution < -0.4 is 4.74 Å². The van der Waals surface area contributed by atoms with E-state index in [1.54, 1.807) is 0 Å². The molecule has 1 aliphatic rings. The molecule has 1 fully saturated rings. The van der Waals surface area contributed by atoms with Crippen molar-refractivity contribution in [1.82, 2.24) is 0 Å². The third-order valence-corrected chi connectivity index (χ3v) is 3.21. The zero-order valence-corrected chi connectivity index (χ0v) is 10.1. The van der Waals surface area contributed by atoms with Gasteiger partial charge in [-0.2, -0.15) is 0 Å². The highest BCUT2D eigenvalue weighted by Gasteiger charge is 2.25. The second-order valence-electron chi connectivity index (χ2n) is 4.58. The summed E-state index contributed by atoms with van der Waals surface area (Å²) in [6.07, 6.45) is 0.543. The number of ether oxygens (including phenoxy) is 2. The van der Waals surface area contributed by atoms with Crippen molar-refractivity contribution in [2.24, 2.45) is 0 Å². The minimum Gasteiger partial charge on any atom is -0.462 e. The van der Waals surface area contributed by atoms with Crippen LogP contribution in [-0.2, 0) is 4.74 Å². The molecule has 1 heterocycles. The van der Waals surface area contributed by atoms with E-state index in [1.165, 1.54) is 5.39 Å². The maximum atomic E-state index is 9.79. The second kappa shape index (κ2) is 4.96. The number of aliphatic hydroxyl groups excluding tert-OH is 1. The Balaban J connectivity index is 1.81. The van der Waals surface area contributed by atoms with Crippen LogP contribution in [-0.4, -0.2) is 24.1 Å². The van der Waals surface area contributed by atoms with Crippen molar-refractivity contribution in [1.29, 1.82) is 0 Å². The molecule has 0 saturated carbocycles. The van der Waals surface area contributed by atoms with E-state index in [0.717, 1.165) is 24.0 Å². The Morgan fingerprint density at radius 2 is 1.94 bits per heavy atom. The molecule has 2 aromatic carbocycles.